The predicted octanol–water partition coefficient (Wildman–Crippen LogP) is 3.39. The molecule has 1 fully saturated rings. The van der Waals surface area contributed by atoms with Gasteiger partial charge in [0.15, 0.2) is 0 Å². The summed E-state index contributed by atoms with van der Waals surface area (Å²) in [5.41, 5.74) is 3.32. The first kappa shape index (κ1) is 16.1. The minimum Gasteiger partial charge on any atom is -0.462 e. The zero-order valence-corrected chi connectivity index (χ0v) is 14.4. The number of rotatable bonds is 2. The highest BCUT2D eigenvalue weighted by Crippen LogP contribution is 2.39. The number of amides is 1. The summed E-state index contributed by atoms with van der Waals surface area (Å²) in [5, 5.41) is 0. The fraction of sp³-hybridized carbons (Fsp3) is 0.400. The molecule has 1 aromatic heterocycles. The number of aromatic nitrogens is 1. The third kappa shape index (κ3) is 3.12. The van der Waals surface area contributed by atoms with Crippen molar-refractivity contribution in [2.45, 2.75) is 38.6 Å². The lowest BCUT2D eigenvalue weighted by Gasteiger charge is -2.44. The molecule has 0 aliphatic carbocycles. The molecular weight excluding hydrogens is 316 g/mol. The molecule has 3 heterocycles. The van der Waals surface area contributed by atoms with E-state index in [0.29, 0.717) is 39.0 Å². The summed E-state index contributed by atoms with van der Waals surface area (Å²) in [6.45, 7) is 3.82. The van der Waals surface area contributed by atoms with E-state index in [1.807, 2.05) is 30.0 Å². The number of fused-ring (bicyclic) bond motifs is 1. The van der Waals surface area contributed by atoms with Crippen LogP contribution in [0.1, 0.15) is 31.7 Å². The summed E-state index contributed by atoms with van der Waals surface area (Å²) in [4.78, 5) is 17.8. The van der Waals surface area contributed by atoms with Crippen LogP contribution in [0.25, 0.3) is 11.1 Å². The van der Waals surface area contributed by atoms with Crippen molar-refractivity contribution in [3.63, 3.8) is 0 Å². The van der Waals surface area contributed by atoms with Gasteiger partial charge >= 0.3 is 0 Å². The molecule has 1 aromatic carbocycles. The lowest BCUT2D eigenvalue weighted by atomic mass is 9.99. The van der Waals surface area contributed by atoms with E-state index in [2.05, 4.69) is 17.1 Å². The molecule has 0 atom stereocenters. The van der Waals surface area contributed by atoms with Gasteiger partial charge < -0.3 is 14.4 Å². The second-order valence-corrected chi connectivity index (χ2v) is 6.59. The number of carbonyl (C=O) groups is 1. The Labute approximate surface area is 147 Å². The van der Waals surface area contributed by atoms with Crippen molar-refractivity contribution in [2.75, 3.05) is 13.1 Å². The van der Waals surface area contributed by atoms with Crippen LogP contribution in [0.15, 0.2) is 42.7 Å². The summed E-state index contributed by atoms with van der Waals surface area (Å²) in [6.07, 6.45) is 5.56. The molecule has 2 aliphatic rings. The highest BCUT2D eigenvalue weighted by molar-refractivity contribution is 5.75. The first-order valence-electron chi connectivity index (χ1n) is 8.83. The minimum atomic E-state index is -0.588. The Morgan fingerprint density at radius 1 is 1.16 bits per heavy atom. The molecular formula is C20H22N2O3. The van der Waals surface area contributed by atoms with Crippen molar-refractivity contribution >= 4 is 5.91 Å². The Morgan fingerprint density at radius 2 is 1.92 bits per heavy atom. The highest BCUT2D eigenvalue weighted by Gasteiger charge is 2.41. The van der Waals surface area contributed by atoms with Crippen LogP contribution in [0.3, 0.4) is 0 Å². The number of hydrogen-bond acceptors (Lipinski definition) is 4. The highest BCUT2D eigenvalue weighted by atomic mass is 16.7. The molecule has 0 saturated carbocycles. The van der Waals surface area contributed by atoms with Crippen LogP contribution < -0.4 is 4.74 Å². The van der Waals surface area contributed by atoms with Crippen LogP contribution in [-0.2, 0) is 16.1 Å². The largest absolute Gasteiger partial charge is 0.462 e. The lowest BCUT2D eigenvalue weighted by Crippen LogP contribution is -2.52. The maximum Gasteiger partial charge on any atom is 0.222 e. The van der Waals surface area contributed by atoms with E-state index in [1.165, 1.54) is 0 Å². The van der Waals surface area contributed by atoms with E-state index >= 15 is 0 Å². The smallest absolute Gasteiger partial charge is 0.222 e. The number of pyridine rings is 1. The van der Waals surface area contributed by atoms with Gasteiger partial charge in [0.05, 0.1) is 6.61 Å². The topological polar surface area (TPSA) is 51.7 Å². The van der Waals surface area contributed by atoms with E-state index in [4.69, 9.17) is 9.47 Å². The predicted molar refractivity (Wildman–Crippen MR) is 93.9 cm³/mol. The molecule has 2 aromatic rings. The van der Waals surface area contributed by atoms with Gasteiger partial charge in [-0.25, -0.2) is 0 Å². The summed E-state index contributed by atoms with van der Waals surface area (Å²) >= 11 is 0. The van der Waals surface area contributed by atoms with Crippen LogP contribution in [0.5, 0.6) is 5.75 Å². The third-order valence-electron chi connectivity index (χ3n) is 5.04. The summed E-state index contributed by atoms with van der Waals surface area (Å²) in [7, 11) is 0. The van der Waals surface area contributed by atoms with Crippen molar-refractivity contribution in [1.29, 1.82) is 0 Å². The molecule has 1 spiro atoms. The summed E-state index contributed by atoms with van der Waals surface area (Å²) in [6, 6.07) is 10.2. The van der Waals surface area contributed by atoms with Crippen molar-refractivity contribution in [2.24, 2.45) is 0 Å². The minimum absolute atomic E-state index is 0.202. The van der Waals surface area contributed by atoms with E-state index < -0.39 is 5.79 Å². The van der Waals surface area contributed by atoms with Crippen LogP contribution in [0, 0.1) is 0 Å². The van der Waals surface area contributed by atoms with Crippen molar-refractivity contribution in [3.05, 3.63) is 48.3 Å². The van der Waals surface area contributed by atoms with E-state index in [1.54, 1.807) is 12.4 Å². The van der Waals surface area contributed by atoms with Gasteiger partial charge in [-0.2, -0.15) is 0 Å². The zero-order valence-electron chi connectivity index (χ0n) is 14.4. The fourth-order valence-electron chi connectivity index (χ4n) is 3.52. The number of likely N-dealkylation sites (tertiary alicyclic amines) is 1. The number of carbonyl (C=O) groups excluding carboxylic acids is 1. The maximum absolute atomic E-state index is 11.8. The van der Waals surface area contributed by atoms with Crippen LogP contribution in [0.4, 0.5) is 0 Å². The Balaban J connectivity index is 1.50. The molecule has 2 aliphatic heterocycles. The SMILES string of the molecule is CCC(=O)N1CCC2(CC1)OCc1cc(-c3ccncc3)ccc1O2. The van der Waals surface area contributed by atoms with Gasteiger partial charge in [0, 0.05) is 50.3 Å². The van der Waals surface area contributed by atoms with E-state index in [0.717, 1.165) is 22.4 Å². The van der Waals surface area contributed by atoms with Gasteiger partial charge in [0.2, 0.25) is 11.7 Å². The Bertz CT molecular complexity index is 768. The van der Waals surface area contributed by atoms with Crippen molar-refractivity contribution in [3.8, 4) is 16.9 Å². The lowest BCUT2D eigenvalue weighted by molar-refractivity contribution is -0.227. The van der Waals surface area contributed by atoms with Gasteiger partial charge in [-0.15, -0.1) is 0 Å². The number of piperidine rings is 1. The molecule has 0 unspecified atom stereocenters. The Hall–Kier alpha value is -2.40. The molecule has 25 heavy (non-hydrogen) atoms. The Kier molecular flexibility index (Phi) is 4.17. The molecule has 0 N–H and O–H groups in total. The number of nitrogens with zero attached hydrogens (tertiary/aromatic N) is 2. The molecule has 130 valence electrons. The van der Waals surface area contributed by atoms with Crippen molar-refractivity contribution < 1.29 is 14.3 Å². The fourth-order valence-corrected chi connectivity index (χ4v) is 3.52. The second kappa shape index (κ2) is 6.48. The summed E-state index contributed by atoms with van der Waals surface area (Å²) < 4.78 is 12.4. The standard InChI is InChI=1S/C20H22N2O3/c1-2-19(23)22-11-7-20(8-12-22)24-14-17-13-16(3-4-18(17)25-20)15-5-9-21-10-6-15/h3-6,9-10,13H,2,7-8,11-12,14H2,1H3. The maximum atomic E-state index is 11.8. The summed E-state index contributed by atoms with van der Waals surface area (Å²) in [5.74, 6) is 0.503. The molecule has 5 nitrogen and oxygen atoms in total. The zero-order chi connectivity index (χ0) is 17.3. The average molecular weight is 338 g/mol. The molecule has 1 amide bonds. The van der Waals surface area contributed by atoms with E-state index in [9.17, 15) is 4.79 Å². The van der Waals surface area contributed by atoms with Crippen molar-refractivity contribution in [1.82, 2.24) is 9.88 Å². The van der Waals surface area contributed by atoms with Crippen LogP contribution >= 0.6 is 0 Å². The van der Waals surface area contributed by atoms with E-state index in [-0.39, 0.29) is 5.91 Å². The van der Waals surface area contributed by atoms with Gasteiger partial charge in [-0.1, -0.05) is 13.0 Å². The monoisotopic (exact) mass is 338 g/mol. The molecule has 0 radical (unpaired) electrons. The quantitative estimate of drug-likeness (QED) is 0.842. The van der Waals surface area contributed by atoms with Gasteiger partial charge in [0.1, 0.15) is 5.75 Å². The first-order valence-corrected chi connectivity index (χ1v) is 8.83. The van der Waals surface area contributed by atoms with Gasteiger partial charge in [-0.05, 0) is 35.4 Å². The molecule has 1 saturated heterocycles. The average Bonchev–Trinajstić information content (AvgIpc) is 2.68. The van der Waals surface area contributed by atoms with Gasteiger partial charge in [-0.3, -0.25) is 9.78 Å². The normalized spacial score (nSPS) is 18.5. The molecule has 0 bridgehead atoms. The Morgan fingerprint density at radius 3 is 2.64 bits per heavy atom. The second-order valence-electron chi connectivity index (χ2n) is 6.59. The first-order chi connectivity index (χ1) is 12.2. The number of ether oxygens (including phenoxy) is 2. The number of benzene rings is 1. The molecule has 5 heteroatoms. The number of hydrogen-bond donors (Lipinski definition) is 0. The van der Waals surface area contributed by atoms with Crippen LogP contribution in [0.2, 0.25) is 0 Å². The molecule has 4 rings (SSSR count). The van der Waals surface area contributed by atoms with Crippen LogP contribution in [-0.4, -0.2) is 34.7 Å². The third-order valence-corrected chi connectivity index (χ3v) is 5.04. The van der Waals surface area contributed by atoms with Gasteiger partial charge in [0.25, 0.3) is 0 Å².